The van der Waals surface area contributed by atoms with Gasteiger partial charge in [0.2, 0.25) is 11.8 Å². The molecule has 0 aliphatic heterocycles. The SMILES string of the molecule is CCCN(CC(=O)Nc1ccc(F)c(F)c1F)C(=O)C=Cc1cccc(OC)c1. The van der Waals surface area contributed by atoms with Crippen LogP contribution in [-0.4, -0.2) is 36.9 Å². The zero-order valence-corrected chi connectivity index (χ0v) is 16.0. The summed E-state index contributed by atoms with van der Waals surface area (Å²) in [7, 11) is 1.53. The third-order valence-corrected chi connectivity index (χ3v) is 3.96. The van der Waals surface area contributed by atoms with Gasteiger partial charge in [-0.3, -0.25) is 9.59 Å². The molecular formula is C21H21F3N2O3. The number of halogens is 3. The first-order valence-electron chi connectivity index (χ1n) is 8.90. The van der Waals surface area contributed by atoms with Gasteiger partial charge in [0, 0.05) is 12.6 Å². The van der Waals surface area contributed by atoms with Crippen molar-refractivity contribution in [2.45, 2.75) is 13.3 Å². The molecule has 0 heterocycles. The molecule has 0 aliphatic rings. The Morgan fingerprint density at radius 3 is 2.59 bits per heavy atom. The van der Waals surface area contributed by atoms with Gasteiger partial charge in [0.05, 0.1) is 12.8 Å². The van der Waals surface area contributed by atoms with Crippen LogP contribution in [0.1, 0.15) is 18.9 Å². The minimum absolute atomic E-state index is 0.287. The van der Waals surface area contributed by atoms with E-state index in [1.54, 1.807) is 30.3 Å². The maximum absolute atomic E-state index is 13.7. The molecule has 0 radical (unpaired) electrons. The quantitative estimate of drug-likeness (QED) is 0.533. The maximum Gasteiger partial charge on any atom is 0.247 e. The monoisotopic (exact) mass is 406 g/mol. The van der Waals surface area contributed by atoms with E-state index in [2.05, 4.69) is 5.32 Å². The van der Waals surface area contributed by atoms with Gasteiger partial charge in [0.15, 0.2) is 17.5 Å². The summed E-state index contributed by atoms with van der Waals surface area (Å²) in [6, 6.07) is 8.70. The third-order valence-electron chi connectivity index (χ3n) is 3.96. The molecule has 1 N–H and O–H groups in total. The highest BCUT2D eigenvalue weighted by molar-refractivity contribution is 5.98. The average molecular weight is 406 g/mol. The normalized spacial score (nSPS) is 10.8. The molecule has 0 saturated heterocycles. The van der Waals surface area contributed by atoms with Crippen LogP contribution < -0.4 is 10.1 Å². The van der Waals surface area contributed by atoms with Crippen molar-refractivity contribution in [2.24, 2.45) is 0 Å². The predicted octanol–water partition coefficient (Wildman–Crippen LogP) is 4.00. The van der Waals surface area contributed by atoms with Crippen LogP contribution in [-0.2, 0) is 9.59 Å². The van der Waals surface area contributed by atoms with Crippen LogP contribution >= 0.6 is 0 Å². The first-order valence-corrected chi connectivity index (χ1v) is 8.90. The Labute approximate surface area is 166 Å². The fourth-order valence-electron chi connectivity index (χ4n) is 2.54. The number of anilines is 1. The number of methoxy groups -OCH3 is 1. The minimum atomic E-state index is -1.68. The summed E-state index contributed by atoms with van der Waals surface area (Å²) in [4.78, 5) is 25.9. The van der Waals surface area contributed by atoms with Crippen molar-refractivity contribution in [2.75, 3.05) is 25.5 Å². The molecule has 2 amide bonds. The van der Waals surface area contributed by atoms with Gasteiger partial charge in [0.25, 0.3) is 0 Å². The Bertz CT molecular complexity index is 916. The Morgan fingerprint density at radius 2 is 1.90 bits per heavy atom. The zero-order chi connectivity index (χ0) is 21.4. The van der Waals surface area contributed by atoms with Crippen LogP contribution in [0.3, 0.4) is 0 Å². The van der Waals surface area contributed by atoms with Crippen LogP contribution in [0, 0.1) is 17.5 Å². The van der Waals surface area contributed by atoms with Gasteiger partial charge in [-0.15, -0.1) is 0 Å². The van der Waals surface area contributed by atoms with Crippen LogP contribution in [0.2, 0.25) is 0 Å². The summed E-state index contributed by atoms with van der Waals surface area (Å²) in [6.07, 6.45) is 3.49. The standard InChI is InChI=1S/C21H21F3N2O3/c1-3-11-26(19(28)10-7-14-5-4-6-15(12-14)29-2)13-18(27)25-17-9-8-16(22)20(23)21(17)24/h4-10,12H,3,11,13H2,1-2H3,(H,25,27). The second-order valence-electron chi connectivity index (χ2n) is 6.14. The van der Waals surface area contributed by atoms with Crippen LogP contribution in [0.5, 0.6) is 5.75 Å². The molecule has 0 saturated carbocycles. The van der Waals surface area contributed by atoms with E-state index in [9.17, 15) is 22.8 Å². The van der Waals surface area contributed by atoms with E-state index in [-0.39, 0.29) is 13.1 Å². The molecule has 5 nitrogen and oxygen atoms in total. The Hall–Kier alpha value is -3.29. The molecule has 8 heteroatoms. The summed E-state index contributed by atoms with van der Waals surface area (Å²) in [5.41, 5.74) is 0.243. The number of carbonyl (C=O) groups excluding carboxylic acids is 2. The van der Waals surface area contributed by atoms with Gasteiger partial charge >= 0.3 is 0 Å². The average Bonchev–Trinajstić information content (AvgIpc) is 2.72. The summed E-state index contributed by atoms with van der Waals surface area (Å²) >= 11 is 0. The molecule has 154 valence electrons. The smallest absolute Gasteiger partial charge is 0.247 e. The molecule has 0 unspecified atom stereocenters. The summed E-state index contributed by atoms with van der Waals surface area (Å²) < 4.78 is 45.1. The van der Waals surface area contributed by atoms with Gasteiger partial charge in [0.1, 0.15) is 12.3 Å². The van der Waals surface area contributed by atoms with Gasteiger partial charge in [-0.1, -0.05) is 19.1 Å². The van der Waals surface area contributed by atoms with E-state index in [4.69, 9.17) is 4.74 Å². The number of nitrogens with zero attached hydrogens (tertiary/aromatic N) is 1. The van der Waals surface area contributed by atoms with Crippen molar-refractivity contribution >= 4 is 23.6 Å². The van der Waals surface area contributed by atoms with Gasteiger partial charge in [-0.25, -0.2) is 13.2 Å². The lowest BCUT2D eigenvalue weighted by Crippen LogP contribution is -2.37. The Kier molecular flexibility index (Phi) is 7.82. The van der Waals surface area contributed by atoms with Gasteiger partial charge in [-0.05, 0) is 42.3 Å². The lowest BCUT2D eigenvalue weighted by atomic mass is 10.2. The molecule has 0 fully saturated rings. The molecule has 0 aliphatic carbocycles. The van der Waals surface area contributed by atoms with Crippen molar-refractivity contribution in [1.82, 2.24) is 4.90 Å². The number of hydrogen-bond donors (Lipinski definition) is 1. The summed E-state index contributed by atoms with van der Waals surface area (Å²) in [5, 5.41) is 2.16. The second-order valence-corrected chi connectivity index (χ2v) is 6.14. The number of amides is 2. The Morgan fingerprint density at radius 1 is 1.14 bits per heavy atom. The highest BCUT2D eigenvalue weighted by atomic mass is 19.2. The van der Waals surface area contributed by atoms with Crippen molar-refractivity contribution in [1.29, 1.82) is 0 Å². The van der Waals surface area contributed by atoms with Crippen molar-refractivity contribution in [3.63, 3.8) is 0 Å². The highest BCUT2D eigenvalue weighted by Gasteiger charge is 2.18. The number of ether oxygens (including phenoxy) is 1. The molecule has 0 atom stereocenters. The van der Waals surface area contributed by atoms with E-state index in [1.807, 2.05) is 6.92 Å². The molecule has 2 rings (SSSR count). The van der Waals surface area contributed by atoms with E-state index in [0.717, 1.165) is 11.6 Å². The van der Waals surface area contributed by atoms with Crippen molar-refractivity contribution < 1.29 is 27.5 Å². The number of hydrogen-bond acceptors (Lipinski definition) is 3. The fraction of sp³-hybridized carbons (Fsp3) is 0.238. The molecular weight excluding hydrogens is 385 g/mol. The first-order chi connectivity index (χ1) is 13.8. The zero-order valence-electron chi connectivity index (χ0n) is 16.0. The van der Waals surface area contributed by atoms with Crippen LogP contribution in [0.25, 0.3) is 6.08 Å². The van der Waals surface area contributed by atoms with E-state index < -0.39 is 35.0 Å². The molecule has 0 aromatic heterocycles. The molecule has 29 heavy (non-hydrogen) atoms. The summed E-state index contributed by atoms with van der Waals surface area (Å²) in [6.45, 7) is 1.75. The predicted molar refractivity (Wildman–Crippen MR) is 104 cm³/mol. The van der Waals surface area contributed by atoms with Crippen molar-refractivity contribution in [3.05, 3.63) is 65.5 Å². The second kappa shape index (κ2) is 10.3. The molecule has 0 bridgehead atoms. The van der Waals surface area contributed by atoms with Crippen LogP contribution in [0.15, 0.2) is 42.5 Å². The van der Waals surface area contributed by atoms with Crippen molar-refractivity contribution in [3.8, 4) is 5.75 Å². The first kappa shape index (κ1) is 22.0. The summed E-state index contributed by atoms with van der Waals surface area (Å²) in [5.74, 6) is -5.04. The van der Waals surface area contributed by atoms with E-state index >= 15 is 0 Å². The molecule has 2 aromatic carbocycles. The molecule has 2 aromatic rings. The number of carbonyl (C=O) groups is 2. The van der Waals surface area contributed by atoms with Crippen LogP contribution in [0.4, 0.5) is 18.9 Å². The van der Waals surface area contributed by atoms with Gasteiger partial charge in [-0.2, -0.15) is 0 Å². The Balaban J connectivity index is 2.06. The lowest BCUT2D eigenvalue weighted by molar-refractivity contribution is -0.130. The third kappa shape index (κ3) is 6.10. The number of nitrogens with one attached hydrogen (secondary N) is 1. The lowest BCUT2D eigenvalue weighted by Gasteiger charge is -2.20. The fourth-order valence-corrected chi connectivity index (χ4v) is 2.54. The topological polar surface area (TPSA) is 58.6 Å². The maximum atomic E-state index is 13.7. The number of benzene rings is 2. The highest BCUT2D eigenvalue weighted by Crippen LogP contribution is 2.19. The number of rotatable bonds is 8. The largest absolute Gasteiger partial charge is 0.497 e. The minimum Gasteiger partial charge on any atom is -0.497 e. The van der Waals surface area contributed by atoms with E-state index in [1.165, 1.54) is 18.1 Å². The molecule has 0 spiro atoms. The van der Waals surface area contributed by atoms with Gasteiger partial charge < -0.3 is 15.0 Å². The van der Waals surface area contributed by atoms with E-state index in [0.29, 0.717) is 18.2 Å².